The largest absolute Gasteiger partial charge is 0.478 e. The van der Waals surface area contributed by atoms with Gasteiger partial charge in [-0.05, 0) is 45.6 Å². The van der Waals surface area contributed by atoms with Gasteiger partial charge in [0, 0.05) is 15.9 Å². The number of carboxylic acid groups (broad SMARTS) is 1. The van der Waals surface area contributed by atoms with Crippen molar-refractivity contribution in [3.63, 3.8) is 0 Å². The van der Waals surface area contributed by atoms with Crippen molar-refractivity contribution in [2.45, 2.75) is 11.4 Å². The topological polar surface area (TPSA) is 109 Å². The molecule has 6 nitrogen and oxygen atoms in total. The second-order valence-electron chi connectivity index (χ2n) is 4.07. The zero-order valence-corrected chi connectivity index (χ0v) is 13.8. The lowest BCUT2D eigenvalue weighted by Gasteiger charge is -2.09. The summed E-state index contributed by atoms with van der Waals surface area (Å²) in [6.45, 7) is 0.126. The molecule has 21 heavy (non-hydrogen) atoms. The number of thiophene rings is 1. The Balaban J connectivity index is 2.23. The van der Waals surface area contributed by atoms with Gasteiger partial charge in [-0.2, -0.15) is 0 Å². The summed E-state index contributed by atoms with van der Waals surface area (Å²) in [6, 6.07) is 5.33. The number of nitrogens with one attached hydrogen (secondary N) is 1. The average Bonchev–Trinajstić information content (AvgIpc) is 2.81. The molecule has 0 fully saturated rings. The second kappa shape index (κ2) is 6.14. The highest BCUT2D eigenvalue weighted by molar-refractivity contribution is 9.10. The quantitative estimate of drug-likeness (QED) is 0.678. The SMILES string of the molecule is Nc1cc(C(=O)O)ccc1S(=O)(=O)NCc1sccc1Br. The van der Waals surface area contributed by atoms with Crippen LogP contribution < -0.4 is 10.5 Å². The minimum Gasteiger partial charge on any atom is -0.478 e. The molecule has 1 heterocycles. The molecule has 0 unspecified atom stereocenters. The molecule has 0 amide bonds. The lowest BCUT2D eigenvalue weighted by Crippen LogP contribution is -2.24. The van der Waals surface area contributed by atoms with E-state index in [2.05, 4.69) is 20.7 Å². The van der Waals surface area contributed by atoms with E-state index in [1.165, 1.54) is 23.5 Å². The molecule has 1 aromatic carbocycles. The first-order chi connectivity index (χ1) is 9.81. The molecule has 0 saturated carbocycles. The standard InChI is InChI=1S/C12H11BrN2O4S2/c13-8-3-4-20-10(8)6-15-21(18,19)11-2-1-7(12(16)17)5-9(11)14/h1-5,15H,6,14H2,(H,16,17). The summed E-state index contributed by atoms with van der Waals surface area (Å²) < 4.78 is 27.6. The van der Waals surface area contributed by atoms with E-state index >= 15 is 0 Å². The maximum atomic E-state index is 12.2. The lowest BCUT2D eigenvalue weighted by molar-refractivity contribution is 0.0697. The minimum absolute atomic E-state index is 0.0625. The van der Waals surface area contributed by atoms with Crippen LogP contribution in [0.2, 0.25) is 0 Å². The first-order valence-electron chi connectivity index (χ1n) is 5.65. The molecule has 0 bridgehead atoms. The van der Waals surface area contributed by atoms with Gasteiger partial charge in [-0.3, -0.25) is 0 Å². The van der Waals surface area contributed by atoms with Crippen LogP contribution in [0.25, 0.3) is 0 Å². The molecular formula is C12H11BrN2O4S2. The van der Waals surface area contributed by atoms with Gasteiger partial charge in [-0.15, -0.1) is 11.3 Å². The first kappa shape index (κ1) is 16.0. The van der Waals surface area contributed by atoms with E-state index in [0.29, 0.717) is 0 Å². The molecular weight excluding hydrogens is 380 g/mol. The fourth-order valence-electron chi connectivity index (χ4n) is 1.62. The van der Waals surface area contributed by atoms with Crippen LogP contribution in [0.3, 0.4) is 0 Å². The van der Waals surface area contributed by atoms with E-state index in [9.17, 15) is 13.2 Å². The van der Waals surface area contributed by atoms with Crippen LogP contribution in [-0.2, 0) is 16.6 Å². The number of hydrogen-bond donors (Lipinski definition) is 3. The van der Waals surface area contributed by atoms with Gasteiger partial charge >= 0.3 is 5.97 Å². The van der Waals surface area contributed by atoms with Crippen molar-refractivity contribution in [3.05, 3.63) is 44.6 Å². The fourth-order valence-corrected chi connectivity index (χ4v) is 4.25. The molecule has 0 saturated heterocycles. The summed E-state index contributed by atoms with van der Waals surface area (Å²) in [5.41, 5.74) is 5.47. The third-order valence-corrected chi connectivity index (χ3v) is 6.06. The van der Waals surface area contributed by atoms with E-state index in [1.807, 2.05) is 11.4 Å². The summed E-state index contributed by atoms with van der Waals surface area (Å²) in [6.07, 6.45) is 0. The van der Waals surface area contributed by atoms with Crippen molar-refractivity contribution in [2.75, 3.05) is 5.73 Å². The Bertz CT molecular complexity index is 786. The fraction of sp³-hybridized carbons (Fsp3) is 0.0833. The maximum absolute atomic E-state index is 12.2. The molecule has 1 aromatic heterocycles. The molecule has 0 aliphatic heterocycles. The summed E-state index contributed by atoms with van der Waals surface area (Å²) in [4.78, 5) is 11.5. The minimum atomic E-state index is -3.81. The van der Waals surface area contributed by atoms with Crippen LogP contribution in [0.5, 0.6) is 0 Å². The van der Waals surface area contributed by atoms with Crippen molar-refractivity contribution < 1.29 is 18.3 Å². The Kier molecular flexibility index (Phi) is 4.67. The molecule has 4 N–H and O–H groups in total. The predicted octanol–water partition coefficient (Wildman–Crippen LogP) is 2.27. The molecule has 0 spiro atoms. The number of aromatic carboxylic acids is 1. The lowest BCUT2D eigenvalue weighted by atomic mass is 10.2. The smallest absolute Gasteiger partial charge is 0.335 e. The van der Waals surface area contributed by atoms with Gasteiger partial charge < -0.3 is 10.8 Å². The van der Waals surface area contributed by atoms with E-state index in [0.717, 1.165) is 15.4 Å². The Labute approximate surface area is 133 Å². The Morgan fingerprint density at radius 2 is 2.10 bits per heavy atom. The van der Waals surface area contributed by atoms with E-state index in [4.69, 9.17) is 10.8 Å². The van der Waals surface area contributed by atoms with Crippen LogP contribution in [0.1, 0.15) is 15.2 Å². The first-order valence-corrected chi connectivity index (χ1v) is 8.81. The number of benzene rings is 1. The van der Waals surface area contributed by atoms with Crippen LogP contribution >= 0.6 is 27.3 Å². The highest BCUT2D eigenvalue weighted by Crippen LogP contribution is 2.24. The number of nitrogen functional groups attached to an aromatic ring is 1. The van der Waals surface area contributed by atoms with Gasteiger partial charge in [0.1, 0.15) is 4.90 Å². The zero-order chi connectivity index (χ0) is 15.6. The van der Waals surface area contributed by atoms with Crippen LogP contribution in [0.4, 0.5) is 5.69 Å². The van der Waals surface area contributed by atoms with Gasteiger partial charge in [0.2, 0.25) is 10.0 Å². The van der Waals surface area contributed by atoms with Gasteiger partial charge in [-0.1, -0.05) is 0 Å². The molecule has 9 heteroatoms. The van der Waals surface area contributed by atoms with Gasteiger partial charge in [0.15, 0.2) is 0 Å². The monoisotopic (exact) mass is 390 g/mol. The predicted molar refractivity (Wildman–Crippen MR) is 83.9 cm³/mol. The maximum Gasteiger partial charge on any atom is 0.335 e. The van der Waals surface area contributed by atoms with Crippen molar-refractivity contribution in [1.29, 1.82) is 0 Å². The Morgan fingerprint density at radius 1 is 1.38 bits per heavy atom. The van der Waals surface area contributed by atoms with Crippen LogP contribution in [0, 0.1) is 0 Å². The van der Waals surface area contributed by atoms with E-state index in [1.54, 1.807) is 0 Å². The number of anilines is 1. The number of carbonyl (C=O) groups is 1. The van der Waals surface area contributed by atoms with E-state index in [-0.39, 0.29) is 22.7 Å². The number of sulfonamides is 1. The van der Waals surface area contributed by atoms with Crippen molar-refractivity contribution in [2.24, 2.45) is 0 Å². The number of nitrogens with two attached hydrogens (primary N) is 1. The summed E-state index contributed by atoms with van der Waals surface area (Å²) in [5.74, 6) is -1.17. The third kappa shape index (κ3) is 3.62. The third-order valence-electron chi connectivity index (χ3n) is 2.66. The zero-order valence-electron chi connectivity index (χ0n) is 10.5. The summed E-state index contributed by atoms with van der Waals surface area (Å²) in [7, 11) is -3.81. The van der Waals surface area contributed by atoms with Crippen molar-refractivity contribution in [3.8, 4) is 0 Å². The van der Waals surface area contributed by atoms with Gasteiger partial charge in [0.05, 0.1) is 11.3 Å². The summed E-state index contributed by atoms with van der Waals surface area (Å²) in [5, 5.41) is 10.7. The van der Waals surface area contributed by atoms with Crippen molar-refractivity contribution in [1.82, 2.24) is 4.72 Å². The second-order valence-corrected chi connectivity index (χ2v) is 7.66. The number of halogens is 1. The normalized spacial score (nSPS) is 11.5. The molecule has 0 aliphatic carbocycles. The molecule has 2 rings (SSSR count). The van der Waals surface area contributed by atoms with E-state index < -0.39 is 16.0 Å². The molecule has 112 valence electrons. The number of hydrogen-bond acceptors (Lipinski definition) is 5. The molecule has 0 aliphatic rings. The highest BCUT2D eigenvalue weighted by Gasteiger charge is 2.19. The Hall–Kier alpha value is -1.42. The van der Waals surface area contributed by atoms with Crippen LogP contribution in [0.15, 0.2) is 39.0 Å². The average molecular weight is 391 g/mol. The molecule has 0 atom stereocenters. The van der Waals surface area contributed by atoms with Crippen LogP contribution in [-0.4, -0.2) is 19.5 Å². The van der Waals surface area contributed by atoms with Gasteiger partial charge in [0.25, 0.3) is 0 Å². The number of rotatable bonds is 5. The highest BCUT2D eigenvalue weighted by atomic mass is 79.9. The molecule has 2 aromatic rings. The van der Waals surface area contributed by atoms with Gasteiger partial charge in [-0.25, -0.2) is 17.9 Å². The molecule has 0 radical (unpaired) electrons. The number of carboxylic acids is 1. The van der Waals surface area contributed by atoms with Crippen molar-refractivity contribution >= 4 is 48.9 Å². The summed E-state index contributed by atoms with van der Waals surface area (Å²) >= 11 is 4.73. The Morgan fingerprint density at radius 3 is 2.62 bits per heavy atom.